The van der Waals surface area contributed by atoms with Gasteiger partial charge in [0.25, 0.3) is 0 Å². The average molecular weight is 431 g/mol. The molecule has 0 saturated carbocycles. The summed E-state index contributed by atoms with van der Waals surface area (Å²) in [6, 6.07) is 0. The van der Waals surface area contributed by atoms with Crippen LogP contribution in [-0.4, -0.2) is 96.1 Å². The molecular formula is C20H38N4O6. The van der Waals surface area contributed by atoms with Gasteiger partial charge in [-0.1, -0.05) is 41.5 Å². The summed E-state index contributed by atoms with van der Waals surface area (Å²) in [5.74, 6) is -3.11. The third-order valence-electron chi connectivity index (χ3n) is 4.27. The maximum atomic E-state index is 11.7. The highest BCUT2D eigenvalue weighted by molar-refractivity contribution is 6.27. The normalized spacial score (nSPS) is 17.0. The molecule has 30 heavy (non-hydrogen) atoms. The summed E-state index contributed by atoms with van der Waals surface area (Å²) >= 11 is 0. The summed E-state index contributed by atoms with van der Waals surface area (Å²) in [7, 11) is 0. The van der Waals surface area contributed by atoms with Crippen LogP contribution >= 0.6 is 0 Å². The molecule has 10 heteroatoms. The molecule has 0 unspecified atom stereocenters. The van der Waals surface area contributed by atoms with Crippen molar-refractivity contribution in [1.82, 2.24) is 20.4 Å². The van der Waals surface area contributed by atoms with Crippen molar-refractivity contribution in [2.45, 2.75) is 41.5 Å². The number of hydrogen-bond acceptors (Lipinski definition) is 6. The Labute approximate surface area is 179 Å². The molecule has 2 fully saturated rings. The molecule has 10 nitrogen and oxygen atoms in total. The molecule has 0 spiro atoms. The zero-order chi connectivity index (χ0) is 23.5. The Balaban J connectivity index is 0.000000447. The van der Waals surface area contributed by atoms with Gasteiger partial charge in [-0.05, 0) is 0 Å². The number of carboxylic acids is 2. The van der Waals surface area contributed by atoms with Gasteiger partial charge in [0.1, 0.15) is 0 Å². The van der Waals surface area contributed by atoms with Gasteiger partial charge in [-0.2, -0.15) is 0 Å². The Morgan fingerprint density at radius 2 is 0.833 bits per heavy atom. The maximum absolute atomic E-state index is 11.7. The van der Waals surface area contributed by atoms with Crippen molar-refractivity contribution in [2.24, 2.45) is 10.8 Å². The highest BCUT2D eigenvalue weighted by Gasteiger charge is 2.28. The lowest BCUT2D eigenvalue weighted by Gasteiger charge is -2.32. The Kier molecular flexibility index (Phi) is 11.6. The van der Waals surface area contributed by atoms with Gasteiger partial charge in [-0.3, -0.25) is 9.59 Å². The standard InChI is InChI=1S/2C9H18N2O.C2H2O4/c2*1-9(2,3)8(12)11-6-4-10-5-7-11;3-1(4)2(5)6/h2*10H,4-7H2,1-3H3;(H,3,4)(H,5,6). The summed E-state index contributed by atoms with van der Waals surface area (Å²) < 4.78 is 0. The molecule has 4 N–H and O–H groups in total. The third kappa shape index (κ3) is 11.1. The number of carbonyl (C=O) groups excluding carboxylic acids is 2. The number of carbonyl (C=O) groups is 4. The third-order valence-corrected chi connectivity index (χ3v) is 4.27. The first-order chi connectivity index (χ1) is 13.7. The molecule has 0 aromatic rings. The molecule has 2 amide bonds. The van der Waals surface area contributed by atoms with Crippen molar-refractivity contribution in [3.05, 3.63) is 0 Å². The highest BCUT2D eigenvalue weighted by atomic mass is 16.4. The van der Waals surface area contributed by atoms with Crippen molar-refractivity contribution in [3.63, 3.8) is 0 Å². The van der Waals surface area contributed by atoms with E-state index in [1.165, 1.54) is 0 Å². The van der Waals surface area contributed by atoms with E-state index in [-0.39, 0.29) is 22.6 Å². The lowest BCUT2D eigenvalue weighted by Crippen LogP contribution is -2.49. The van der Waals surface area contributed by atoms with Crippen LogP contribution in [0.15, 0.2) is 0 Å². The number of piperazine rings is 2. The van der Waals surface area contributed by atoms with Crippen molar-refractivity contribution in [1.29, 1.82) is 0 Å². The topological polar surface area (TPSA) is 139 Å². The van der Waals surface area contributed by atoms with Gasteiger partial charge in [0.15, 0.2) is 0 Å². The second-order valence-electron chi connectivity index (χ2n) is 9.19. The van der Waals surface area contributed by atoms with E-state index < -0.39 is 11.9 Å². The zero-order valence-corrected chi connectivity index (χ0v) is 19.1. The summed E-state index contributed by atoms with van der Waals surface area (Å²) in [6.07, 6.45) is 0. The van der Waals surface area contributed by atoms with Crippen LogP contribution in [0.4, 0.5) is 0 Å². The van der Waals surface area contributed by atoms with Gasteiger partial charge in [0.05, 0.1) is 0 Å². The largest absolute Gasteiger partial charge is 0.473 e. The minimum absolute atomic E-state index is 0.225. The quantitative estimate of drug-likeness (QED) is 0.396. The first kappa shape index (κ1) is 27.8. The Morgan fingerprint density at radius 1 is 0.600 bits per heavy atom. The molecule has 2 saturated heterocycles. The predicted octanol–water partition coefficient (Wildman–Crippen LogP) is 0.0842. The van der Waals surface area contributed by atoms with Crippen molar-refractivity contribution >= 4 is 23.8 Å². The van der Waals surface area contributed by atoms with Gasteiger partial charge in [-0.25, -0.2) is 9.59 Å². The van der Waals surface area contributed by atoms with Crippen LogP contribution in [0.1, 0.15) is 41.5 Å². The summed E-state index contributed by atoms with van der Waals surface area (Å²) in [5.41, 5.74) is -0.450. The minimum Gasteiger partial charge on any atom is -0.473 e. The molecule has 0 aliphatic carbocycles. The van der Waals surface area contributed by atoms with E-state index in [1.54, 1.807) is 0 Å². The van der Waals surface area contributed by atoms with E-state index in [4.69, 9.17) is 19.8 Å². The lowest BCUT2D eigenvalue weighted by atomic mass is 9.94. The van der Waals surface area contributed by atoms with Crippen molar-refractivity contribution < 1.29 is 29.4 Å². The lowest BCUT2D eigenvalue weighted by molar-refractivity contribution is -0.159. The molecule has 174 valence electrons. The van der Waals surface area contributed by atoms with E-state index in [0.717, 1.165) is 52.4 Å². The number of carboxylic acid groups (broad SMARTS) is 2. The smallest absolute Gasteiger partial charge is 0.414 e. The molecule has 2 aliphatic rings. The van der Waals surface area contributed by atoms with Crippen LogP contribution in [0, 0.1) is 10.8 Å². The first-order valence-electron chi connectivity index (χ1n) is 10.1. The monoisotopic (exact) mass is 430 g/mol. The van der Waals surface area contributed by atoms with Crippen molar-refractivity contribution in [3.8, 4) is 0 Å². The SMILES string of the molecule is CC(C)(C)C(=O)N1CCNCC1.CC(C)(C)C(=O)N1CCNCC1.O=C(O)C(=O)O. The highest BCUT2D eigenvalue weighted by Crippen LogP contribution is 2.18. The van der Waals surface area contributed by atoms with E-state index in [1.807, 2.05) is 51.3 Å². The van der Waals surface area contributed by atoms with E-state index in [0.29, 0.717) is 0 Å². The molecule has 0 atom stereocenters. The molecule has 2 rings (SSSR count). The van der Waals surface area contributed by atoms with Gasteiger partial charge < -0.3 is 30.6 Å². The Hall–Kier alpha value is -2.20. The number of hydrogen-bond donors (Lipinski definition) is 4. The fourth-order valence-corrected chi connectivity index (χ4v) is 2.68. The fourth-order valence-electron chi connectivity index (χ4n) is 2.68. The second kappa shape index (κ2) is 12.5. The number of rotatable bonds is 0. The first-order valence-corrected chi connectivity index (χ1v) is 10.1. The van der Waals surface area contributed by atoms with Crippen LogP contribution in [0.5, 0.6) is 0 Å². The van der Waals surface area contributed by atoms with E-state index >= 15 is 0 Å². The molecule has 0 aromatic carbocycles. The Bertz CT molecular complexity index is 531. The van der Waals surface area contributed by atoms with Crippen LogP contribution in [0.25, 0.3) is 0 Å². The summed E-state index contributed by atoms with van der Waals surface area (Å²) in [5, 5.41) is 21.2. The maximum Gasteiger partial charge on any atom is 0.414 e. The number of nitrogens with zero attached hydrogens (tertiary/aromatic N) is 2. The average Bonchev–Trinajstić information content (AvgIpc) is 2.67. The molecule has 2 heterocycles. The molecule has 0 aromatic heterocycles. The molecular weight excluding hydrogens is 392 g/mol. The minimum atomic E-state index is -1.82. The number of nitrogens with one attached hydrogen (secondary N) is 2. The molecule has 0 radical (unpaired) electrons. The van der Waals surface area contributed by atoms with E-state index in [2.05, 4.69) is 10.6 Å². The zero-order valence-electron chi connectivity index (χ0n) is 19.1. The number of amides is 2. The fraction of sp³-hybridized carbons (Fsp3) is 0.800. The molecule has 0 bridgehead atoms. The van der Waals surface area contributed by atoms with E-state index in [9.17, 15) is 9.59 Å². The van der Waals surface area contributed by atoms with Gasteiger partial charge in [0, 0.05) is 63.2 Å². The number of aliphatic carboxylic acids is 2. The van der Waals surface area contributed by atoms with Crippen LogP contribution in [0.3, 0.4) is 0 Å². The van der Waals surface area contributed by atoms with Gasteiger partial charge in [-0.15, -0.1) is 0 Å². The van der Waals surface area contributed by atoms with Crippen LogP contribution < -0.4 is 10.6 Å². The summed E-state index contributed by atoms with van der Waals surface area (Å²) in [4.78, 5) is 45.5. The van der Waals surface area contributed by atoms with Gasteiger partial charge >= 0.3 is 11.9 Å². The summed E-state index contributed by atoms with van der Waals surface area (Å²) in [6.45, 7) is 19.0. The Morgan fingerprint density at radius 3 is 1.00 bits per heavy atom. The van der Waals surface area contributed by atoms with Crippen molar-refractivity contribution in [2.75, 3.05) is 52.4 Å². The van der Waals surface area contributed by atoms with Crippen LogP contribution in [-0.2, 0) is 19.2 Å². The predicted molar refractivity (Wildman–Crippen MR) is 113 cm³/mol. The molecule has 2 aliphatic heterocycles. The van der Waals surface area contributed by atoms with Gasteiger partial charge in [0.2, 0.25) is 11.8 Å². The second-order valence-corrected chi connectivity index (χ2v) is 9.19. The van der Waals surface area contributed by atoms with Crippen LogP contribution in [0.2, 0.25) is 0 Å².